The van der Waals surface area contributed by atoms with E-state index in [9.17, 15) is 14.0 Å². The Morgan fingerprint density at radius 1 is 1.20 bits per heavy atom. The van der Waals surface area contributed by atoms with E-state index in [1.165, 1.54) is 28.3 Å². The van der Waals surface area contributed by atoms with Gasteiger partial charge in [-0.2, -0.15) is 4.98 Å². The number of aromatic nitrogens is 4. The Bertz CT molecular complexity index is 1100. The van der Waals surface area contributed by atoms with Gasteiger partial charge in [0.05, 0.1) is 6.54 Å². The Labute approximate surface area is 141 Å². The van der Waals surface area contributed by atoms with Gasteiger partial charge in [0.25, 0.3) is 11.6 Å². The van der Waals surface area contributed by atoms with E-state index in [1.54, 1.807) is 19.2 Å². The highest BCUT2D eigenvalue weighted by molar-refractivity contribution is 5.72. The Morgan fingerprint density at radius 3 is 2.52 bits per heavy atom. The number of imidazole rings is 1. The number of fused-ring (bicyclic) bond motifs is 1. The van der Waals surface area contributed by atoms with Crippen molar-refractivity contribution in [3.63, 3.8) is 0 Å². The van der Waals surface area contributed by atoms with Crippen LogP contribution < -0.4 is 16.0 Å². The maximum Gasteiger partial charge on any atom is 0.332 e. The fraction of sp³-hybridized carbons (Fsp3) is 0.235. The maximum atomic E-state index is 13.1. The number of rotatable bonds is 4. The predicted octanol–water partition coefficient (Wildman–Crippen LogP) is 0.633. The third-order valence-corrected chi connectivity index (χ3v) is 3.85. The smallest absolute Gasteiger partial charge is 0.332 e. The summed E-state index contributed by atoms with van der Waals surface area (Å²) in [5.41, 5.74) is 0.0905. The van der Waals surface area contributed by atoms with E-state index in [1.807, 2.05) is 0 Å². The van der Waals surface area contributed by atoms with Gasteiger partial charge in [0.15, 0.2) is 17.8 Å². The maximum absolute atomic E-state index is 13.1. The quantitative estimate of drug-likeness (QED) is 0.652. The van der Waals surface area contributed by atoms with Crippen LogP contribution >= 0.6 is 0 Å². The fourth-order valence-corrected chi connectivity index (χ4v) is 2.56. The normalized spacial score (nSPS) is 10.8. The molecule has 0 aliphatic rings. The summed E-state index contributed by atoms with van der Waals surface area (Å²) in [5.74, 6) is 1.95. The molecule has 1 aromatic carbocycles. The van der Waals surface area contributed by atoms with Crippen molar-refractivity contribution < 1.29 is 9.13 Å². The van der Waals surface area contributed by atoms with E-state index in [0.717, 1.165) is 4.57 Å². The van der Waals surface area contributed by atoms with Crippen LogP contribution in [0.5, 0.6) is 6.01 Å². The monoisotopic (exact) mass is 342 g/mol. The molecule has 7 nitrogen and oxygen atoms in total. The lowest BCUT2D eigenvalue weighted by Gasteiger charge is -2.09. The molecule has 0 atom stereocenters. The molecule has 0 saturated heterocycles. The van der Waals surface area contributed by atoms with Gasteiger partial charge in [-0.1, -0.05) is 18.1 Å². The minimum absolute atomic E-state index is 0.0142. The molecule has 8 heteroatoms. The second-order valence-corrected chi connectivity index (χ2v) is 5.48. The first kappa shape index (κ1) is 16.5. The molecule has 2 heterocycles. The lowest BCUT2D eigenvalue weighted by molar-refractivity contribution is 0.330. The molecular formula is C17H15FN4O3. The first-order chi connectivity index (χ1) is 11.9. The molecule has 0 aliphatic carbocycles. The molecule has 0 amide bonds. The second-order valence-electron chi connectivity index (χ2n) is 5.48. The topological polar surface area (TPSA) is 71.1 Å². The highest BCUT2D eigenvalue weighted by Gasteiger charge is 2.19. The SMILES string of the molecule is C#CCOc1nc2c(c(=O)n(C)c(=O)n2Cc2ccc(F)cc2)n1C. The summed E-state index contributed by atoms with van der Waals surface area (Å²) < 4.78 is 22.2. The van der Waals surface area contributed by atoms with Crippen molar-refractivity contribution in [3.05, 3.63) is 56.5 Å². The van der Waals surface area contributed by atoms with Crippen molar-refractivity contribution in [1.82, 2.24) is 18.7 Å². The average Bonchev–Trinajstić information content (AvgIpc) is 2.93. The number of ether oxygens (including phenoxy) is 1. The minimum atomic E-state index is -0.525. The van der Waals surface area contributed by atoms with Crippen molar-refractivity contribution in [2.24, 2.45) is 14.1 Å². The molecular weight excluding hydrogens is 327 g/mol. The second kappa shape index (κ2) is 6.28. The number of terminal acetylenes is 1. The number of halogens is 1. The number of benzene rings is 1. The van der Waals surface area contributed by atoms with E-state index in [2.05, 4.69) is 10.9 Å². The van der Waals surface area contributed by atoms with Gasteiger partial charge < -0.3 is 4.74 Å². The summed E-state index contributed by atoms with van der Waals surface area (Å²) in [7, 11) is 3.00. The van der Waals surface area contributed by atoms with Gasteiger partial charge in [-0.3, -0.25) is 18.5 Å². The average molecular weight is 342 g/mol. The van der Waals surface area contributed by atoms with Crippen molar-refractivity contribution in [2.45, 2.75) is 6.54 Å². The van der Waals surface area contributed by atoms with Crippen LogP contribution in [0.2, 0.25) is 0 Å². The third kappa shape index (κ3) is 2.80. The first-order valence-corrected chi connectivity index (χ1v) is 7.41. The highest BCUT2D eigenvalue weighted by atomic mass is 19.1. The molecule has 25 heavy (non-hydrogen) atoms. The van der Waals surface area contributed by atoms with Crippen molar-refractivity contribution in [2.75, 3.05) is 6.61 Å². The minimum Gasteiger partial charge on any atom is -0.451 e. The molecule has 0 unspecified atom stereocenters. The Balaban J connectivity index is 2.23. The molecule has 128 valence electrons. The standard InChI is InChI=1S/C17H15FN4O3/c1-4-9-25-16-19-14-13(20(16)2)15(23)21(3)17(24)22(14)10-11-5-7-12(18)8-6-11/h1,5-8H,9-10H2,2-3H3. The van der Waals surface area contributed by atoms with Crippen LogP contribution in [0.25, 0.3) is 11.2 Å². The summed E-state index contributed by atoms with van der Waals surface area (Å²) in [5, 5.41) is 0. The first-order valence-electron chi connectivity index (χ1n) is 7.41. The van der Waals surface area contributed by atoms with Crippen LogP contribution in [-0.4, -0.2) is 25.3 Å². The van der Waals surface area contributed by atoms with Crippen molar-refractivity contribution in [1.29, 1.82) is 0 Å². The van der Waals surface area contributed by atoms with Gasteiger partial charge in [-0.05, 0) is 17.7 Å². The van der Waals surface area contributed by atoms with Crippen LogP contribution in [0.3, 0.4) is 0 Å². The largest absolute Gasteiger partial charge is 0.451 e. The molecule has 0 N–H and O–H groups in total. The summed E-state index contributed by atoms with van der Waals surface area (Å²) in [6, 6.07) is 5.89. The zero-order valence-electron chi connectivity index (χ0n) is 13.7. The van der Waals surface area contributed by atoms with Crippen molar-refractivity contribution >= 4 is 11.2 Å². The zero-order valence-corrected chi connectivity index (χ0v) is 13.7. The van der Waals surface area contributed by atoms with E-state index < -0.39 is 11.2 Å². The molecule has 0 fully saturated rings. The van der Waals surface area contributed by atoms with Gasteiger partial charge in [0.1, 0.15) is 5.82 Å². The Kier molecular flexibility index (Phi) is 4.15. The van der Waals surface area contributed by atoms with Crippen LogP contribution in [0, 0.1) is 18.2 Å². The van der Waals surface area contributed by atoms with E-state index in [-0.39, 0.29) is 36.1 Å². The van der Waals surface area contributed by atoms with E-state index >= 15 is 0 Å². The molecule has 0 bridgehead atoms. The Hall–Kier alpha value is -3.34. The van der Waals surface area contributed by atoms with Crippen LogP contribution in [0.1, 0.15) is 5.56 Å². The molecule has 0 saturated carbocycles. The van der Waals surface area contributed by atoms with Gasteiger partial charge in [0, 0.05) is 14.1 Å². The van der Waals surface area contributed by atoms with Gasteiger partial charge in [-0.25, -0.2) is 9.18 Å². The molecule has 0 aliphatic heterocycles. The zero-order chi connectivity index (χ0) is 18.1. The Morgan fingerprint density at radius 2 is 1.88 bits per heavy atom. The highest BCUT2D eigenvalue weighted by Crippen LogP contribution is 2.17. The van der Waals surface area contributed by atoms with Gasteiger partial charge in [-0.15, -0.1) is 6.42 Å². The third-order valence-electron chi connectivity index (χ3n) is 3.85. The number of hydrogen-bond acceptors (Lipinski definition) is 4. The molecule has 0 radical (unpaired) electrons. The fourth-order valence-electron chi connectivity index (χ4n) is 2.56. The summed E-state index contributed by atoms with van der Waals surface area (Å²) in [4.78, 5) is 29.2. The van der Waals surface area contributed by atoms with Gasteiger partial charge in [0.2, 0.25) is 0 Å². The number of aryl methyl sites for hydroxylation is 1. The number of hydrogen-bond donors (Lipinski definition) is 0. The van der Waals surface area contributed by atoms with E-state index in [4.69, 9.17) is 11.2 Å². The van der Waals surface area contributed by atoms with Crippen LogP contribution in [0.4, 0.5) is 4.39 Å². The molecule has 2 aromatic heterocycles. The summed E-state index contributed by atoms with van der Waals surface area (Å²) in [6.07, 6.45) is 5.18. The van der Waals surface area contributed by atoms with Gasteiger partial charge >= 0.3 is 5.69 Å². The van der Waals surface area contributed by atoms with Crippen molar-refractivity contribution in [3.8, 4) is 18.4 Å². The molecule has 3 rings (SSSR count). The summed E-state index contributed by atoms with van der Waals surface area (Å²) in [6.45, 7) is 0.120. The lowest BCUT2D eigenvalue weighted by Crippen LogP contribution is -2.38. The molecule has 3 aromatic rings. The lowest BCUT2D eigenvalue weighted by atomic mass is 10.2. The summed E-state index contributed by atoms with van der Waals surface area (Å²) >= 11 is 0. The van der Waals surface area contributed by atoms with E-state index in [0.29, 0.717) is 5.56 Å². The predicted molar refractivity (Wildman–Crippen MR) is 90.0 cm³/mol. The van der Waals surface area contributed by atoms with Crippen LogP contribution in [0.15, 0.2) is 33.9 Å². The van der Waals surface area contributed by atoms with Crippen LogP contribution in [-0.2, 0) is 20.6 Å². The number of nitrogens with zero attached hydrogens (tertiary/aromatic N) is 4. The molecule has 0 spiro atoms.